The van der Waals surface area contributed by atoms with Gasteiger partial charge in [-0.3, -0.25) is 4.79 Å². The van der Waals surface area contributed by atoms with Crippen LogP contribution in [0.2, 0.25) is 0 Å². The van der Waals surface area contributed by atoms with Crippen LogP contribution >= 0.6 is 0 Å². The maximum atomic E-state index is 10.9. The molecule has 0 bridgehead atoms. The number of para-hydroxylation sites is 1. The van der Waals surface area contributed by atoms with Crippen LogP contribution in [0.1, 0.15) is 12.5 Å². The summed E-state index contributed by atoms with van der Waals surface area (Å²) >= 11 is 0. The van der Waals surface area contributed by atoms with E-state index in [2.05, 4.69) is 6.07 Å². The van der Waals surface area contributed by atoms with E-state index >= 15 is 0 Å². The van der Waals surface area contributed by atoms with Gasteiger partial charge in [0.1, 0.15) is 11.9 Å². The van der Waals surface area contributed by atoms with E-state index in [1.807, 2.05) is 18.2 Å². The van der Waals surface area contributed by atoms with E-state index in [1.165, 1.54) is 6.92 Å². The maximum absolute atomic E-state index is 10.9. The summed E-state index contributed by atoms with van der Waals surface area (Å²) in [6, 6.07) is 9.34. The molecule has 0 radical (unpaired) electrons. The number of benzene rings is 1. The van der Waals surface area contributed by atoms with E-state index in [-0.39, 0.29) is 5.78 Å². The number of carbonyl (C=O) groups is 1. The molecule has 3 heteroatoms. The molecule has 0 spiro atoms. The summed E-state index contributed by atoms with van der Waals surface area (Å²) in [4.78, 5) is 12.7. The minimum Gasteiger partial charge on any atom is -0.366 e. The summed E-state index contributed by atoms with van der Waals surface area (Å²) in [5.74, 6) is 0.0836. The first-order valence-corrected chi connectivity index (χ1v) is 4.35. The summed E-state index contributed by atoms with van der Waals surface area (Å²) in [6.07, 6.45) is 0. The zero-order chi connectivity index (χ0) is 10.6. The Kier molecular flexibility index (Phi) is 3.24. The first kappa shape index (κ1) is 10.3. The lowest BCUT2D eigenvalue weighted by molar-refractivity contribution is -0.115. The molecule has 0 saturated carbocycles. The van der Waals surface area contributed by atoms with Gasteiger partial charge in [0.25, 0.3) is 0 Å². The maximum Gasteiger partial charge on any atom is 0.149 e. The lowest BCUT2D eigenvalue weighted by Crippen LogP contribution is -2.24. The van der Waals surface area contributed by atoms with E-state index in [9.17, 15) is 4.79 Å². The van der Waals surface area contributed by atoms with Crippen LogP contribution < -0.4 is 4.90 Å². The zero-order valence-corrected chi connectivity index (χ0v) is 8.32. The molecular formula is C11H12N2O. The predicted octanol–water partition coefficient (Wildman–Crippen LogP) is 1.58. The van der Waals surface area contributed by atoms with Crippen molar-refractivity contribution in [2.24, 2.45) is 0 Å². The van der Waals surface area contributed by atoms with Crippen LogP contribution in [0.15, 0.2) is 24.3 Å². The van der Waals surface area contributed by atoms with E-state index in [1.54, 1.807) is 18.0 Å². The van der Waals surface area contributed by atoms with Crippen molar-refractivity contribution < 1.29 is 4.79 Å². The van der Waals surface area contributed by atoms with Crippen LogP contribution in [0.4, 0.5) is 5.69 Å². The van der Waals surface area contributed by atoms with Crippen LogP contribution in [-0.4, -0.2) is 19.4 Å². The van der Waals surface area contributed by atoms with Gasteiger partial charge in [-0.25, -0.2) is 0 Å². The summed E-state index contributed by atoms with van der Waals surface area (Å²) in [7, 11) is 1.80. The van der Waals surface area contributed by atoms with Crippen molar-refractivity contribution >= 4 is 11.5 Å². The number of hydrogen-bond donors (Lipinski definition) is 0. The third kappa shape index (κ3) is 2.33. The second kappa shape index (κ2) is 4.43. The van der Waals surface area contributed by atoms with Crippen molar-refractivity contribution in [1.29, 1.82) is 5.26 Å². The van der Waals surface area contributed by atoms with Gasteiger partial charge in [-0.15, -0.1) is 0 Å². The molecule has 0 aromatic heterocycles. The fraction of sp³-hybridized carbons (Fsp3) is 0.273. The Balaban J connectivity index is 2.95. The quantitative estimate of drug-likeness (QED) is 0.723. The first-order valence-electron chi connectivity index (χ1n) is 4.35. The van der Waals surface area contributed by atoms with Crippen molar-refractivity contribution in [3.8, 4) is 6.07 Å². The largest absolute Gasteiger partial charge is 0.366 e. The molecule has 1 rings (SSSR count). The number of ketones is 1. The van der Waals surface area contributed by atoms with Crippen LogP contribution in [0.3, 0.4) is 0 Å². The highest BCUT2D eigenvalue weighted by Gasteiger charge is 2.07. The first-order chi connectivity index (χ1) is 6.65. The molecule has 1 aromatic rings. The van der Waals surface area contributed by atoms with Gasteiger partial charge in [-0.2, -0.15) is 5.26 Å². The van der Waals surface area contributed by atoms with Gasteiger partial charge in [-0.05, 0) is 19.1 Å². The van der Waals surface area contributed by atoms with Crippen molar-refractivity contribution in [2.75, 3.05) is 18.5 Å². The highest BCUT2D eigenvalue weighted by Crippen LogP contribution is 2.17. The number of Topliss-reactive ketones (excluding diaryl/α,β-unsaturated/α-hetero) is 1. The van der Waals surface area contributed by atoms with Gasteiger partial charge in [0.05, 0.1) is 17.8 Å². The standard InChI is InChI=1S/C11H12N2O/c1-9(14)8-13(2)11-6-4-3-5-10(11)7-12/h3-6H,8H2,1-2H3. The molecule has 0 fully saturated rings. The molecule has 0 N–H and O–H groups in total. The number of rotatable bonds is 3. The number of anilines is 1. The smallest absolute Gasteiger partial charge is 0.149 e. The van der Waals surface area contributed by atoms with Crippen LogP contribution in [-0.2, 0) is 4.79 Å². The Bertz CT molecular complexity index is 379. The second-order valence-electron chi connectivity index (χ2n) is 3.19. The van der Waals surface area contributed by atoms with E-state index in [0.29, 0.717) is 12.1 Å². The van der Waals surface area contributed by atoms with E-state index in [0.717, 1.165) is 5.69 Å². The predicted molar refractivity (Wildman–Crippen MR) is 55.1 cm³/mol. The van der Waals surface area contributed by atoms with Crippen LogP contribution in [0, 0.1) is 11.3 Å². The summed E-state index contributed by atoms with van der Waals surface area (Å²) in [5, 5.41) is 8.84. The van der Waals surface area contributed by atoms with Crippen molar-refractivity contribution in [1.82, 2.24) is 0 Å². The SMILES string of the molecule is CC(=O)CN(C)c1ccccc1C#N. The van der Waals surface area contributed by atoms with Gasteiger partial charge in [-0.1, -0.05) is 12.1 Å². The molecule has 0 aliphatic rings. The third-order valence-electron chi connectivity index (χ3n) is 1.90. The average Bonchev–Trinajstić information content (AvgIpc) is 2.16. The van der Waals surface area contributed by atoms with Gasteiger partial charge < -0.3 is 4.90 Å². The van der Waals surface area contributed by atoms with Crippen LogP contribution in [0.25, 0.3) is 0 Å². The molecule has 0 heterocycles. The molecule has 14 heavy (non-hydrogen) atoms. The number of nitriles is 1. The molecule has 0 amide bonds. The normalized spacial score (nSPS) is 9.21. The molecule has 0 saturated heterocycles. The molecule has 0 atom stereocenters. The van der Waals surface area contributed by atoms with Gasteiger partial charge in [0, 0.05) is 7.05 Å². The van der Waals surface area contributed by atoms with Gasteiger partial charge in [0.2, 0.25) is 0 Å². The lowest BCUT2D eigenvalue weighted by Gasteiger charge is -2.18. The average molecular weight is 188 g/mol. The Morgan fingerprint density at radius 3 is 2.71 bits per heavy atom. The van der Waals surface area contributed by atoms with Crippen LogP contribution in [0.5, 0.6) is 0 Å². The third-order valence-corrected chi connectivity index (χ3v) is 1.90. The Hall–Kier alpha value is -1.82. The summed E-state index contributed by atoms with van der Waals surface area (Å²) in [5.41, 5.74) is 1.39. The van der Waals surface area contributed by atoms with Crippen molar-refractivity contribution in [3.05, 3.63) is 29.8 Å². The minimum atomic E-state index is 0.0836. The molecule has 0 unspecified atom stereocenters. The highest BCUT2D eigenvalue weighted by atomic mass is 16.1. The summed E-state index contributed by atoms with van der Waals surface area (Å²) < 4.78 is 0. The second-order valence-corrected chi connectivity index (χ2v) is 3.19. The number of carbonyl (C=O) groups excluding carboxylic acids is 1. The van der Waals surface area contributed by atoms with Gasteiger partial charge in [0.15, 0.2) is 0 Å². The molecule has 72 valence electrons. The zero-order valence-electron chi connectivity index (χ0n) is 8.32. The fourth-order valence-electron chi connectivity index (χ4n) is 1.32. The lowest BCUT2D eigenvalue weighted by atomic mass is 10.2. The molecule has 0 aliphatic heterocycles. The Labute approximate surface area is 83.6 Å². The minimum absolute atomic E-state index is 0.0836. The molecular weight excluding hydrogens is 176 g/mol. The summed E-state index contributed by atoms with van der Waals surface area (Å²) in [6.45, 7) is 1.87. The highest BCUT2D eigenvalue weighted by molar-refractivity contribution is 5.81. The van der Waals surface area contributed by atoms with Gasteiger partial charge >= 0.3 is 0 Å². The molecule has 0 aliphatic carbocycles. The monoisotopic (exact) mass is 188 g/mol. The number of likely N-dealkylation sites (N-methyl/N-ethyl adjacent to an activating group) is 1. The topological polar surface area (TPSA) is 44.1 Å². The fourth-order valence-corrected chi connectivity index (χ4v) is 1.32. The Morgan fingerprint density at radius 1 is 1.50 bits per heavy atom. The Morgan fingerprint density at radius 2 is 2.14 bits per heavy atom. The van der Waals surface area contributed by atoms with E-state index in [4.69, 9.17) is 5.26 Å². The molecule has 3 nitrogen and oxygen atoms in total. The van der Waals surface area contributed by atoms with Crippen molar-refractivity contribution in [2.45, 2.75) is 6.92 Å². The molecule has 1 aromatic carbocycles. The number of nitrogens with zero attached hydrogens (tertiary/aromatic N) is 2. The van der Waals surface area contributed by atoms with Crippen molar-refractivity contribution in [3.63, 3.8) is 0 Å². The number of hydrogen-bond acceptors (Lipinski definition) is 3. The van der Waals surface area contributed by atoms with E-state index < -0.39 is 0 Å².